The summed E-state index contributed by atoms with van der Waals surface area (Å²) in [5.41, 5.74) is 3.09. The molecule has 0 saturated heterocycles. The number of aromatic nitrogens is 2. The first kappa shape index (κ1) is 18.4. The van der Waals surface area contributed by atoms with Gasteiger partial charge in [-0.15, -0.1) is 0 Å². The zero-order valence-corrected chi connectivity index (χ0v) is 15.3. The number of aromatic amines is 1. The molecule has 0 radical (unpaired) electrons. The fourth-order valence-electron chi connectivity index (χ4n) is 2.96. The summed E-state index contributed by atoms with van der Waals surface area (Å²) in [4.78, 5) is 24.6. The predicted octanol–water partition coefficient (Wildman–Crippen LogP) is 4.14. The Balaban J connectivity index is 1.37. The highest BCUT2D eigenvalue weighted by Crippen LogP contribution is 2.18. The third-order valence-corrected chi connectivity index (χ3v) is 4.38. The highest BCUT2D eigenvalue weighted by molar-refractivity contribution is 6.05. The second-order valence-corrected chi connectivity index (χ2v) is 6.56. The van der Waals surface area contributed by atoms with Gasteiger partial charge in [-0.2, -0.15) is 5.10 Å². The van der Waals surface area contributed by atoms with Gasteiger partial charge >= 0.3 is 0 Å². The van der Waals surface area contributed by atoms with Crippen LogP contribution >= 0.6 is 0 Å². The molecule has 0 saturated carbocycles. The summed E-state index contributed by atoms with van der Waals surface area (Å²) in [6, 6.07) is 17.9. The molecule has 1 aromatic heterocycles. The Bertz CT molecular complexity index is 1180. The van der Waals surface area contributed by atoms with Crippen LogP contribution in [0.4, 0.5) is 15.8 Å². The Kier molecular flexibility index (Phi) is 5.03. The molecule has 0 fully saturated rings. The van der Waals surface area contributed by atoms with Crippen molar-refractivity contribution in [1.82, 2.24) is 10.2 Å². The SMILES string of the molecule is O=C(Cc1cccc(F)c1)Nc1ccc(C(=O)Nc2ccc3cn[nH]c3c2)cc1. The van der Waals surface area contributed by atoms with E-state index < -0.39 is 0 Å². The molecule has 0 spiro atoms. The number of H-pyrrole nitrogens is 1. The molecule has 0 bridgehead atoms. The van der Waals surface area contributed by atoms with Crippen molar-refractivity contribution in [3.8, 4) is 0 Å². The topological polar surface area (TPSA) is 86.9 Å². The van der Waals surface area contributed by atoms with Crippen LogP contribution in [0.1, 0.15) is 15.9 Å². The number of nitrogens with zero attached hydrogens (tertiary/aromatic N) is 1. The number of benzene rings is 3. The van der Waals surface area contributed by atoms with Gasteiger partial charge in [-0.3, -0.25) is 14.7 Å². The van der Waals surface area contributed by atoms with E-state index in [1.165, 1.54) is 12.1 Å². The zero-order valence-electron chi connectivity index (χ0n) is 15.3. The van der Waals surface area contributed by atoms with Gasteiger partial charge in [0.1, 0.15) is 5.82 Å². The molecule has 4 aromatic rings. The average molecular weight is 388 g/mol. The molecule has 2 amide bonds. The highest BCUT2D eigenvalue weighted by atomic mass is 19.1. The van der Waals surface area contributed by atoms with Gasteiger partial charge in [-0.1, -0.05) is 12.1 Å². The molecule has 144 valence electrons. The van der Waals surface area contributed by atoms with Crippen molar-refractivity contribution in [2.75, 3.05) is 10.6 Å². The lowest BCUT2D eigenvalue weighted by atomic mass is 10.1. The first-order valence-corrected chi connectivity index (χ1v) is 8.96. The number of hydrogen-bond donors (Lipinski definition) is 3. The molecule has 0 aliphatic rings. The van der Waals surface area contributed by atoms with Crippen LogP contribution in [0.15, 0.2) is 72.9 Å². The number of carbonyl (C=O) groups is 2. The van der Waals surface area contributed by atoms with Crippen molar-refractivity contribution >= 4 is 34.1 Å². The molecule has 3 aromatic carbocycles. The van der Waals surface area contributed by atoms with Gasteiger partial charge in [0.2, 0.25) is 5.91 Å². The molecular weight excluding hydrogens is 371 g/mol. The van der Waals surface area contributed by atoms with Crippen LogP contribution in [0.2, 0.25) is 0 Å². The summed E-state index contributed by atoms with van der Waals surface area (Å²) in [7, 11) is 0. The van der Waals surface area contributed by atoms with Gasteiger partial charge in [0.05, 0.1) is 18.1 Å². The Morgan fingerprint density at radius 2 is 1.72 bits per heavy atom. The summed E-state index contributed by atoms with van der Waals surface area (Å²) in [5, 5.41) is 13.3. The number of anilines is 2. The third kappa shape index (κ3) is 4.47. The Morgan fingerprint density at radius 1 is 0.931 bits per heavy atom. The van der Waals surface area contributed by atoms with Crippen LogP contribution in [0.5, 0.6) is 0 Å². The smallest absolute Gasteiger partial charge is 0.255 e. The standard InChI is InChI=1S/C22H17FN4O2/c23-17-3-1-2-14(10-17)11-21(28)25-18-7-4-15(5-8-18)22(29)26-19-9-6-16-13-24-27-20(16)12-19/h1-10,12-13H,11H2,(H,24,27)(H,25,28)(H,26,29). The minimum atomic E-state index is -0.377. The number of carbonyl (C=O) groups excluding carboxylic acids is 2. The number of halogens is 1. The number of amides is 2. The molecule has 1 heterocycles. The number of rotatable bonds is 5. The van der Waals surface area contributed by atoms with Crippen LogP contribution in [0.3, 0.4) is 0 Å². The molecule has 4 rings (SSSR count). The quantitative estimate of drug-likeness (QED) is 0.480. The average Bonchev–Trinajstić information content (AvgIpc) is 3.16. The van der Waals surface area contributed by atoms with E-state index in [1.54, 1.807) is 54.7 Å². The maximum absolute atomic E-state index is 13.2. The largest absolute Gasteiger partial charge is 0.326 e. The van der Waals surface area contributed by atoms with E-state index in [1.807, 2.05) is 6.07 Å². The molecule has 0 atom stereocenters. The van der Waals surface area contributed by atoms with Gasteiger partial charge in [-0.05, 0) is 60.2 Å². The lowest BCUT2D eigenvalue weighted by Crippen LogP contribution is -2.15. The summed E-state index contributed by atoms with van der Waals surface area (Å²) in [5.74, 6) is -0.903. The van der Waals surface area contributed by atoms with Crippen molar-refractivity contribution in [2.45, 2.75) is 6.42 Å². The van der Waals surface area contributed by atoms with Gasteiger partial charge < -0.3 is 10.6 Å². The van der Waals surface area contributed by atoms with Crippen LogP contribution in [0, 0.1) is 5.82 Å². The molecule has 29 heavy (non-hydrogen) atoms. The fraction of sp³-hybridized carbons (Fsp3) is 0.0455. The second kappa shape index (κ2) is 7.93. The summed E-state index contributed by atoms with van der Waals surface area (Å²) in [6.07, 6.45) is 1.78. The van der Waals surface area contributed by atoms with E-state index >= 15 is 0 Å². The lowest BCUT2D eigenvalue weighted by molar-refractivity contribution is -0.115. The van der Waals surface area contributed by atoms with Crippen molar-refractivity contribution < 1.29 is 14.0 Å². The summed E-state index contributed by atoms with van der Waals surface area (Å²) < 4.78 is 13.2. The molecule has 0 unspecified atom stereocenters. The monoisotopic (exact) mass is 388 g/mol. The summed E-state index contributed by atoms with van der Waals surface area (Å²) in [6.45, 7) is 0. The van der Waals surface area contributed by atoms with Crippen LogP contribution in [-0.2, 0) is 11.2 Å². The Morgan fingerprint density at radius 3 is 2.52 bits per heavy atom. The number of fused-ring (bicyclic) bond motifs is 1. The van der Waals surface area contributed by atoms with E-state index in [0.717, 1.165) is 10.9 Å². The predicted molar refractivity (Wildman–Crippen MR) is 109 cm³/mol. The molecule has 6 nitrogen and oxygen atoms in total. The maximum atomic E-state index is 13.2. The van der Waals surface area contributed by atoms with Gasteiger partial charge in [0, 0.05) is 22.3 Å². The Hall–Kier alpha value is -4.00. The van der Waals surface area contributed by atoms with E-state index in [4.69, 9.17) is 0 Å². The minimum Gasteiger partial charge on any atom is -0.326 e. The molecule has 0 aliphatic heterocycles. The van der Waals surface area contributed by atoms with Crippen molar-refractivity contribution in [3.05, 3.63) is 89.9 Å². The molecule has 7 heteroatoms. The maximum Gasteiger partial charge on any atom is 0.255 e. The van der Waals surface area contributed by atoms with E-state index in [9.17, 15) is 14.0 Å². The fourth-order valence-corrected chi connectivity index (χ4v) is 2.96. The van der Waals surface area contributed by atoms with Crippen molar-refractivity contribution in [3.63, 3.8) is 0 Å². The lowest BCUT2D eigenvalue weighted by Gasteiger charge is -2.08. The van der Waals surface area contributed by atoms with Crippen LogP contribution in [-0.4, -0.2) is 22.0 Å². The van der Waals surface area contributed by atoms with Gasteiger partial charge in [-0.25, -0.2) is 4.39 Å². The molecular formula is C22H17FN4O2. The molecule has 3 N–H and O–H groups in total. The third-order valence-electron chi connectivity index (χ3n) is 4.38. The van der Waals surface area contributed by atoms with Gasteiger partial charge in [0.25, 0.3) is 5.91 Å². The first-order chi connectivity index (χ1) is 14.1. The van der Waals surface area contributed by atoms with E-state index in [0.29, 0.717) is 22.5 Å². The highest BCUT2D eigenvalue weighted by Gasteiger charge is 2.09. The zero-order chi connectivity index (χ0) is 20.2. The summed E-state index contributed by atoms with van der Waals surface area (Å²) >= 11 is 0. The van der Waals surface area contributed by atoms with Gasteiger partial charge in [0.15, 0.2) is 0 Å². The number of hydrogen-bond acceptors (Lipinski definition) is 3. The van der Waals surface area contributed by atoms with Crippen LogP contribution < -0.4 is 10.6 Å². The minimum absolute atomic E-state index is 0.0656. The van der Waals surface area contributed by atoms with Crippen LogP contribution in [0.25, 0.3) is 10.9 Å². The Labute approximate surface area is 165 Å². The van der Waals surface area contributed by atoms with Crippen molar-refractivity contribution in [1.29, 1.82) is 0 Å². The number of nitrogens with one attached hydrogen (secondary N) is 3. The first-order valence-electron chi connectivity index (χ1n) is 8.96. The van der Waals surface area contributed by atoms with E-state index in [-0.39, 0.29) is 24.1 Å². The second-order valence-electron chi connectivity index (χ2n) is 6.56. The molecule has 0 aliphatic carbocycles. The van der Waals surface area contributed by atoms with Crippen molar-refractivity contribution in [2.24, 2.45) is 0 Å². The normalized spacial score (nSPS) is 10.7. The van der Waals surface area contributed by atoms with E-state index in [2.05, 4.69) is 20.8 Å².